The second-order valence-corrected chi connectivity index (χ2v) is 7.55. The maximum atomic E-state index is 12.2. The van der Waals surface area contributed by atoms with Crippen LogP contribution < -0.4 is 11.1 Å². The van der Waals surface area contributed by atoms with Crippen molar-refractivity contribution in [3.63, 3.8) is 0 Å². The van der Waals surface area contributed by atoms with Crippen LogP contribution in [0, 0.1) is 6.92 Å². The predicted molar refractivity (Wildman–Crippen MR) is 84.7 cm³/mol. The molecule has 8 heteroatoms. The molecular weight excluding hydrogens is 324 g/mol. The molecule has 0 saturated carbocycles. The van der Waals surface area contributed by atoms with E-state index in [1.165, 1.54) is 18.2 Å². The molecule has 0 spiro atoms. The summed E-state index contributed by atoms with van der Waals surface area (Å²) >= 11 is 1.10. The summed E-state index contributed by atoms with van der Waals surface area (Å²) < 4.78 is 24.3. The number of aryl methyl sites for hydroxylation is 1. The van der Waals surface area contributed by atoms with Crippen molar-refractivity contribution in [2.45, 2.75) is 11.8 Å². The van der Waals surface area contributed by atoms with Gasteiger partial charge in [-0.3, -0.25) is 9.59 Å². The highest BCUT2D eigenvalue weighted by molar-refractivity contribution is 7.92. The van der Waals surface area contributed by atoms with E-state index in [-0.39, 0.29) is 15.5 Å². The quantitative estimate of drug-likeness (QED) is 0.863. The molecule has 0 radical (unpaired) electrons. The molecule has 0 bridgehead atoms. The molecule has 2 aromatic rings. The van der Waals surface area contributed by atoms with E-state index in [2.05, 4.69) is 5.32 Å². The van der Waals surface area contributed by atoms with Crippen molar-refractivity contribution in [1.82, 2.24) is 0 Å². The topological polar surface area (TPSA) is 106 Å². The molecule has 0 aliphatic rings. The Balaban J connectivity index is 2.13. The third-order valence-electron chi connectivity index (χ3n) is 2.88. The smallest absolute Gasteiger partial charge is 0.251 e. The van der Waals surface area contributed by atoms with Gasteiger partial charge >= 0.3 is 0 Å². The molecule has 3 N–H and O–H groups in total. The standard InChI is InChI=1S/C14H14N2O4S2/c1-9-2-4-10(5-3-9)22(19,20)8-12(17)16-14-11(13(15)18)6-7-21-14/h2-7H,8H2,1H3,(H2,15,18)(H,16,17). The van der Waals surface area contributed by atoms with E-state index < -0.39 is 27.4 Å². The first kappa shape index (κ1) is 16.2. The van der Waals surface area contributed by atoms with Crippen LogP contribution in [0.25, 0.3) is 0 Å². The van der Waals surface area contributed by atoms with Crippen molar-refractivity contribution < 1.29 is 18.0 Å². The summed E-state index contributed by atoms with van der Waals surface area (Å²) in [6.07, 6.45) is 0. The van der Waals surface area contributed by atoms with E-state index in [4.69, 9.17) is 5.73 Å². The lowest BCUT2D eigenvalue weighted by molar-refractivity contribution is -0.113. The number of primary amides is 1. The zero-order valence-corrected chi connectivity index (χ0v) is 13.3. The van der Waals surface area contributed by atoms with Gasteiger partial charge in [0.05, 0.1) is 10.5 Å². The van der Waals surface area contributed by atoms with Gasteiger partial charge < -0.3 is 11.1 Å². The van der Waals surface area contributed by atoms with Crippen molar-refractivity contribution in [2.24, 2.45) is 5.73 Å². The summed E-state index contributed by atoms with van der Waals surface area (Å²) in [6.45, 7) is 1.84. The van der Waals surface area contributed by atoms with E-state index >= 15 is 0 Å². The first-order valence-electron chi connectivity index (χ1n) is 6.26. The monoisotopic (exact) mass is 338 g/mol. The van der Waals surface area contributed by atoms with Gasteiger partial charge in [-0.1, -0.05) is 17.7 Å². The maximum absolute atomic E-state index is 12.2. The number of rotatable bonds is 5. The molecule has 1 aromatic heterocycles. The number of sulfone groups is 1. The van der Waals surface area contributed by atoms with Crippen molar-refractivity contribution in [1.29, 1.82) is 0 Å². The van der Waals surface area contributed by atoms with Crippen molar-refractivity contribution >= 4 is 38.0 Å². The zero-order valence-electron chi connectivity index (χ0n) is 11.7. The van der Waals surface area contributed by atoms with E-state index in [0.29, 0.717) is 0 Å². The first-order valence-corrected chi connectivity index (χ1v) is 8.79. The minimum atomic E-state index is -3.74. The highest BCUT2D eigenvalue weighted by Crippen LogP contribution is 2.23. The fourth-order valence-corrected chi connectivity index (χ4v) is 3.71. The van der Waals surface area contributed by atoms with Gasteiger partial charge in [0.25, 0.3) is 5.91 Å². The summed E-state index contributed by atoms with van der Waals surface area (Å²) in [5.41, 5.74) is 6.25. The van der Waals surface area contributed by atoms with Gasteiger partial charge in [0.1, 0.15) is 10.8 Å². The molecule has 0 unspecified atom stereocenters. The fraction of sp³-hybridized carbons (Fsp3) is 0.143. The van der Waals surface area contributed by atoms with E-state index in [9.17, 15) is 18.0 Å². The third-order valence-corrected chi connectivity index (χ3v) is 5.35. The molecule has 2 amide bonds. The maximum Gasteiger partial charge on any atom is 0.251 e. The molecule has 1 heterocycles. The molecule has 2 rings (SSSR count). The average molecular weight is 338 g/mol. The average Bonchev–Trinajstić information content (AvgIpc) is 2.86. The Morgan fingerprint density at radius 1 is 1.18 bits per heavy atom. The van der Waals surface area contributed by atoms with Crippen LogP contribution in [0.2, 0.25) is 0 Å². The third kappa shape index (κ3) is 3.71. The van der Waals surface area contributed by atoms with Crippen molar-refractivity contribution in [3.05, 3.63) is 46.8 Å². The Morgan fingerprint density at radius 3 is 2.41 bits per heavy atom. The summed E-state index contributed by atoms with van der Waals surface area (Å²) in [5.74, 6) is -2.10. The lowest BCUT2D eigenvalue weighted by Crippen LogP contribution is -2.24. The molecule has 0 aliphatic heterocycles. The largest absolute Gasteiger partial charge is 0.366 e. The summed E-state index contributed by atoms with van der Waals surface area (Å²) in [7, 11) is -3.74. The van der Waals surface area contributed by atoms with Crippen LogP contribution in [0.4, 0.5) is 5.00 Å². The van der Waals surface area contributed by atoms with Crippen LogP contribution in [0.5, 0.6) is 0 Å². The lowest BCUT2D eigenvalue weighted by atomic mass is 10.2. The molecule has 22 heavy (non-hydrogen) atoms. The molecule has 0 saturated heterocycles. The Hall–Kier alpha value is -2.19. The molecule has 0 aliphatic carbocycles. The molecular formula is C14H14N2O4S2. The number of hydrogen-bond donors (Lipinski definition) is 2. The highest BCUT2D eigenvalue weighted by atomic mass is 32.2. The van der Waals surface area contributed by atoms with Crippen molar-refractivity contribution in [3.8, 4) is 0 Å². The number of nitrogens with one attached hydrogen (secondary N) is 1. The van der Waals surface area contributed by atoms with Gasteiger partial charge in [-0.05, 0) is 30.5 Å². The summed E-state index contributed by atoms with van der Waals surface area (Å²) in [4.78, 5) is 23.1. The Labute approximate surface area is 131 Å². The van der Waals surface area contributed by atoms with Gasteiger partial charge in [0, 0.05) is 0 Å². The van der Waals surface area contributed by atoms with Gasteiger partial charge in [-0.2, -0.15) is 0 Å². The minimum Gasteiger partial charge on any atom is -0.366 e. The zero-order chi connectivity index (χ0) is 16.3. The summed E-state index contributed by atoms with van der Waals surface area (Å²) in [5, 5.41) is 4.24. The van der Waals surface area contributed by atoms with E-state index in [1.54, 1.807) is 17.5 Å². The normalized spacial score (nSPS) is 11.1. The highest BCUT2D eigenvalue weighted by Gasteiger charge is 2.21. The molecule has 0 fully saturated rings. The number of benzene rings is 1. The number of amides is 2. The Kier molecular flexibility index (Phi) is 4.62. The van der Waals surface area contributed by atoms with Gasteiger partial charge in [-0.25, -0.2) is 8.42 Å². The number of hydrogen-bond acceptors (Lipinski definition) is 5. The van der Waals surface area contributed by atoms with Gasteiger partial charge in [-0.15, -0.1) is 11.3 Å². The molecule has 116 valence electrons. The lowest BCUT2D eigenvalue weighted by Gasteiger charge is -2.06. The van der Waals surface area contributed by atoms with Crippen LogP contribution in [-0.2, 0) is 14.6 Å². The first-order chi connectivity index (χ1) is 10.3. The number of anilines is 1. The van der Waals surface area contributed by atoms with Crippen LogP contribution in [-0.4, -0.2) is 26.0 Å². The Morgan fingerprint density at radius 2 is 1.82 bits per heavy atom. The minimum absolute atomic E-state index is 0.0783. The predicted octanol–water partition coefficient (Wildman–Crippen LogP) is 1.57. The second-order valence-electron chi connectivity index (χ2n) is 4.65. The van der Waals surface area contributed by atoms with Crippen LogP contribution in [0.15, 0.2) is 40.6 Å². The van der Waals surface area contributed by atoms with E-state index in [0.717, 1.165) is 16.9 Å². The fourth-order valence-electron chi connectivity index (χ4n) is 1.76. The Bertz CT molecular complexity index is 808. The molecule has 6 nitrogen and oxygen atoms in total. The van der Waals surface area contributed by atoms with Crippen LogP contribution >= 0.6 is 11.3 Å². The number of carbonyl (C=O) groups excluding carboxylic acids is 2. The summed E-state index contributed by atoms with van der Waals surface area (Å²) in [6, 6.07) is 7.71. The van der Waals surface area contributed by atoms with Crippen molar-refractivity contribution in [2.75, 3.05) is 11.1 Å². The van der Waals surface area contributed by atoms with Crippen LogP contribution in [0.1, 0.15) is 15.9 Å². The van der Waals surface area contributed by atoms with Gasteiger partial charge in [0.2, 0.25) is 5.91 Å². The van der Waals surface area contributed by atoms with Gasteiger partial charge in [0.15, 0.2) is 9.84 Å². The number of carbonyl (C=O) groups is 2. The van der Waals surface area contributed by atoms with Crippen LogP contribution in [0.3, 0.4) is 0 Å². The molecule has 1 aromatic carbocycles. The second kappa shape index (κ2) is 6.29. The molecule has 0 atom stereocenters. The SMILES string of the molecule is Cc1ccc(S(=O)(=O)CC(=O)Nc2sccc2C(N)=O)cc1. The number of nitrogens with two attached hydrogens (primary N) is 1. The van der Waals surface area contributed by atoms with E-state index in [1.807, 2.05) is 6.92 Å². The number of thiophene rings is 1.